The van der Waals surface area contributed by atoms with Crippen molar-refractivity contribution < 1.29 is 14.4 Å². The van der Waals surface area contributed by atoms with Crippen LogP contribution >= 0.6 is 0 Å². The quantitative estimate of drug-likeness (QED) is 0.681. The van der Waals surface area contributed by atoms with Crippen LogP contribution in [0.3, 0.4) is 0 Å². The zero-order valence-corrected chi connectivity index (χ0v) is 17.4. The smallest absolute Gasteiger partial charge is 0.325 e. The number of hydrogen-bond acceptors (Lipinski definition) is 5. The Morgan fingerprint density at radius 2 is 1.68 bits per heavy atom. The lowest BCUT2D eigenvalue weighted by molar-refractivity contribution is -0.137. The second-order valence-corrected chi connectivity index (χ2v) is 7.94. The van der Waals surface area contributed by atoms with E-state index in [1.165, 1.54) is 10.5 Å². The van der Waals surface area contributed by atoms with Gasteiger partial charge in [0.1, 0.15) is 6.04 Å². The van der Waals surface area contributed by atoms with E-state index in [2.05, 4.69) is 15.2 Å². The fraction of sp³-hybridized carbons (Fsp3) is 0.391. The van der Waals surface area contributed by atoms with Gasteiger partial charge in [-0.05, 0) is 29.7 Å². The Balaban J connectivity index is 1.23. The van der Waals surface area contributed by atoms with Gasteiger partial charge in [0.2, 0.25) is 5.91 Å². The molecule has 2 fully saturated rings. The van der Waals surface area contributed by atoms with Crippen molar-refractivity contribution in [2.24, 2.45) is 0 Å². The molecule has 0 spiro atoms. The number of nitrogens with one attached hydrogen (secondary N) is 1. The average molecular weight is 422 g/mol. The molecule has 1 atom stereocenters. The number of carbonyl (C=O) groups is 3. The number of benzene rings is 1. The maximum atomic E-state index is 12.7. The molecule has 2 aliphatic heterocycles. The van der Waals surface area contributed by atoms with Crippen LogP contribution in [0.2, 0.25) is 0 Å². The fourth-order valence-corrected chi connectivity index (χ4v) is 3.99. The van der Waals surface area contributed by atoms with Crippen LogP contribution in [0.25, 0.3) is 0 Å². The molecule has 0 saturated carbocycles. The molecule has 0 radical (unpaired) electrons. The van der Waals surface area contributed by atoms with E-state index in [1.807, 2.05) is 42.5 Å². The maximum absolute atomic E-state index is 12.7. The van der Waals surface area contributed by atoms with Crippen molar-refractivity contribution in [3.8, 4) is 0 Å². The first-order chi connectivity index (χ1) is 15.1. The minimum atomic E-state index is -0.784. The van der Waals surface area contributed by atoms with Crippen LogP contribution in [-0.2, 0) is 22.6 Å². The van der Waals surface area contributed by atoms with E-state index in [1.54, 1.807) is 17.3 Å². The molecule has 4 rings (SSSR count). The van der Waals surface area contributed by atoms with Crippen LogP contribution in [0.5, 0.6) is 0 Å². The third kappa shape index (κ3) is 5.27. The number of urea groups is 1. The molecule has 0 bridgehead atoms. The largest absolute Gasteiger partial charge is 0.340 e. The molecule has 2 aliphatic rings. The summed E-state index contributed by atoms with van der Waals surface area (Å²) in [5.41, 5.74) is 2.13. The Hall–Kier alpha value is -3.26. The molecular formula is C23H27N5O3. The Labute approximate surface area is 181 Å². The number of amides is 4. The number of imide groups is 1. The lowest BCUT2D eigenvalue weighted by Gasteiger charge is -2.35. The molecule has 2 aromatic rings. The van der Waals surface area contributed by atoms with Gasteiger partial charge in [0.15, 0.2) is 0 Å². The monoisotopic (exact) mass is 421 g/mol. The number of pyridine rings is 1. The molecular weight excluding hydrogens is 394 g/mol. The number of nitrogens with zero attached hydrogens (tertiary/aromatic N) is 4. The first-order valence-electron chi connectivity index (χ1n) is 10.6. The first-order valence-corrected chi connectivity index (χ1v) is 10.6. The van der Waals surface area contributed by atoms with E-state index in [-0.39, 0.29) is 24.8 Å². The second kappa shape index (κ2) is 9.70. The van der Waals surface area contributed by atoms with Gasteiger partial charge in [0, 0.05) is 45.1 Å². The minimum Gasteiger partial charge on any atom is -0.340 e. The zero-order chi connectivity index (χ0) is 21.6. The summed E-state index contributed by atoms with van der Waals surface area (Å²) in [5.74, 6) is -0.424. The Morgan fingerprint density at radius 3 is 2.39 bits per heavy atom. The van der Waals surface area contributed by atoms with Crippen molar-refractivity contribution >= 4 is 17.8 Å². The molecule has 4 amide bonds. The van der Waals surface area contributed by atoms with Gasteiger partial charge >= 0.3 is 6.03 Å². The Kier molecular flexibility index (Phi) is 6.57. The summed E-state index contributed by atoms with van der Waals surface area (Å²) in [4.78, 5) is 47.0. The van der Waals surface area contributed by atoms with Gasteiger partial charge in [-0.1, -0.05) is 30.3 Å². The van der Waals surface area contributed by atoms with Gasteiger partial charge in [0.25, 0.3) is 5.91 Å². The summed E-state index contributed by atoms with van der Waals surface area (Å²) in [7, 11) is 0. The fourth-order valence-electron chi connectivity index (χ4n) is 3.99. The van der Waals surface area contributed by atoms with Crippen molar-refractivity contribution in [2.45, 2.75) is 25.4 Å². The summed E-state index contributed by atoms with van der Waals surface area (Å²) in [6, 6.07) is 12.2. The maximum Gasteiger partial charge on any atom is 0.325 e. The van der Waals surface area contributed by atoms with Crippen molar-refractivity contribution in [1.82, 2.24) is 25.0 Å². The molecule has 0 aliphatic carbocycles. The SMILES string of the molecule is O=C(CC1NC(=O)N(Cc2ccccc2)C1=O)N1CCN(CCc2ccncc2)CC1. The Bertz CT molecular complexity index is 913. The van der Waals surface area contributed by atoms with Gasteiger partial charge in [0.05, 0.1) is 13.0 Å². The van der Waals surface area contributed by atoms with Gasteiger partial charge in [-0.2, -0.15) is 0 Å². The topological polar surface area (TPSA) is 85.8 Å². The highest BCUT2D eigenvalue weighted by atomic mass is 16.2. The highest BCUT2D eigenvalue weighted by molar-refractivity contribution is 6.05. The number of carbonyl (C=O) groups excluding carboxylic acids is 3. The van der Waals surface area contributed by atoms with Crippen LogP contribution in [0.1, 0.15) is 17.5 Å². The van der Waals surface area contributed by atoms with Crippen molar-refractivity contribution in [3.05, 3.63) is 66.0 Å². The first kappa shape index (κ1) is 21.0. The highest BCUT2D eigenvalue weighted by Gasteiger charge is 2.39. The number of aromatic nitrogens is 1. The number of rotatable bonds is 7. The van der Waals surface area contributed by atoms with Gasteiger partial charge < -0.3 is 10.2 Å². The van der Waals surface area contributed by atoms with Crippen LogP contribution in [0, 0.1) is 0 Å². The molecule has 3 heterocycles. The van der Waals surface area contributed by atoms with Crippen LogP contribution in [0.15, 0.2) is 54.9 Å². The average Bonchev–Trinajstić information content (AvgIpc) is 3.06. The van der Waals surface area contributed by atoms with Crippen LogP contribution in [0.4, 0.5) is 4.79 Å². The molecule has 1 unspecified atom stereocenters. The van der Waals surface area contributed by atoms with E-state index in [0.29, 0.717) is 13.1 Å². The molecule has 162 valence electrons. The van der Waals surface area contributed by atoms with Gasteiger partial charge in [-0.3, -0.25) is 24.4 Å². The molecule has 1 N–H and O–H groups in total. The van der Waals surface area contributed by atoms with E-state index < -0.39 is 12.1 Å². The molecule has 31 heavy (non-hydrogen) atoms. The summed E-state index contributed by atoms with van der Waals surface area (Å²) in [6.07, 6.45) is 4.56. The molecule has 8 nitrogen and oxygen atoms in total. The predicted octanol–water partition coefficient (Wildman–Crippen LogP) is 1.28. The van der Waals surface area contributed by atoms with E-state index in [9.17, 15) is 14.4 Å². The normalized spacial score (nSPS) is 19.5. The highest BCUT2D eigenvalue weighted by Crippen LogP contribution is 2.16. The van der Waals surface area contributed by atoms with Crippen molar-refractivity contribution in [3.63, 3.8) is 0 Å². The summed E-state index contributed by atoms with van der Waals surface area (Å²) in [5, 5.41) is 2.67. The summed E-state index contributed by atoms with van der Waals surface area (Å²) < 4.78 is 0. The minimum absolute atomic E-state index is 0.00682. The van der Waals surface area contributed by atoms with Crippen LogP contribution < -0.4 is 5.32 Å². The van der Waals surface area contributed by atoms with E-state index >= 15 is 0 Å². The lowest BCUT2D eigenvalue weighted by atomic mass is 10.1. The lowest BCUT2D eigenvalue weighted by Crippen LogP contribution is -2.50. The predicted molar refractivity (Wildman–Crippen MR) is 115 cm³/mol. The third-order valence-electron chi connectivity index (χ3n) is 5.86. The molecule has 8 heteroatoms. The third-order valence-corrected chi connectivity index (χ3v) is 5.86. The summed E-state index contributed by atoms with van der Waals surface area (Å²) in [6.45, 7) is 4.05. The number of hydrogen-bond donors (Lipinski definition) is 1. The van der Waals surface area contributed by atoms with Crippen molar-refractivity contribution in [1.29, 1.82) is 0 Å². The number of piperazine rings is 1. The zero-order valence-electron chi connectivity index (χ0n) is 17.4. The van der Waals surface area contributed by atoms with E-state index in [4.69, 9.17) is 0 Å². The van der Waals surface area contributed by atoms with E-state index in [0.717, 1.165) is 31.6 Å². The van der Waals surface area contributed by atoms with Gasteiger partial charge in [-0.15, -0.1) is 0 Å². The molecule has 2 saturated heterocycles. The standard InChI is InChI=1S/C23H27N5O3/c29-21(27-14-12-26(13-15-27)11-8-18-6-9-24-10-7-18)16-20-22(30)28(23(31)25-20)17-19-4-2-1-3-5-19/h1-7,9-10,20H,8,11-17H2,(H,25,31). The Morgan fingerprint density at radius 1 is 0.968 bits per heavy atom. The van der Waals surface area contributed by atoms with Gasteiger partial charge in [-0.25, -0.2) is 4.79 Å². The summed E-state index contributed by atoms with van der Waals surface area (Å²) >= 11 is 0. The molecule has 1 aromatic carbocycles. The van der Waals surface area contributed by atoms with Crippen molar-refractivity contribution in [2.75, 3.05) is 32.7 Å². The van der Waals surface area contributed by atoms with Crippen LogP contribution in [-0.4, -0.2) is 76.3 Å². The molecule has 1 aromatic heterocycles. The second-order valence-electron chi connectivity index (χ2n) is 7.94.